The van der Waals surface area contributed by atoms with Crippen molar-refractivity contribution in [3.8, 4) is 5.88 Å². The summed E-state index contributed by atoms with van der Waals surface area (Å²) in [6.07, 6.45) is -1.09. The Morgan fingerprint density at radius 2 is 1.90 bits per heavy atom. The molecule has 1 aromatic heterocycles. The number of benzene rings is 1. The summed E-state index contributed by atoms with van der Waals surface area (Å²) in [5.74, 6) is 0.816. The van der Waals surface area contributed by atoms with Gasteiger partial charge in [0.15, 0.2) is 12.6 Å². The first-order valence-electron chi connectivity index (χ1n) is 8.66. The Balaban J connectivity index is 1.91. The lowest BCUT2D eigenvalue weighted by Gasteiger charge is -2.14. The van der Waals surface area contributed by atoms with Gasteiger partial charge in [0.05, 0.1) is 0 Å². The minimum absolute atomic E-state index is 0.0995. The molecule has 0 fully saturated rings. The molecule has 2 aromatic rings. The van der Waals surface area contributed by atoms with Crippen molar-refractivity contribution in [3.05, 3.63) is 59.0 Å². The number of hydrogen-bond acceptors (Lipinski definition) is 4. The van der Waals surface area contributed by atoms with Gasteiger partial charge in [-0.25, -0.2) is 9.37 Å². The third-order valence-electron chi connectivity index (χ3n) is 3.78. The van der Waals surface area contributed by atoms with E-state index in [1.165, 1.54) is 24.4 Å². The summed E-state index contributed by atoms with van der Waals surface area (Å²) in [5, 5.41) is 6.22. The number of hydrogen-bond donors (Lipinski definition) is 2. The number of alkyl halides is 3. The number of aromatic nitrogens is 1. The van der Waals surface area contributed by atoms with Gasteiger partial charge in [-0.05, 0) is 41.1 Å². The smallest absolute Gasteiger partial charge is 0.422 e. The zero-order valence-electron chi connectivity index (χ0n) is 16.0. The number of thioether (sulfide) groups is 1. The number of nitrogens with one attached hydrogen (secondary N) is 2. The highest BCUT2D eigenvalue weighted by Gasteiger charge is 2.28. The molecule has 2 N–H and O–H groups in total. The molecular formula is C19H22F4N4OS. The Bertz CT molecular complexity index is 830. The summed E-state index contributed by atoms with van der Waals surface area (Å²) in [5.41, 5.74) is 2.54. The standard InChI is InChI=1S/C19H22F4N4OS/c1-24-18(27-10-14-3-4-16(20)8-15(14)11-29-2)26-9-13-5-6-25-17(7-13)28-12-19(21,22)23/h3-8H,9-12H2,1-2H3,(H2,24,26,27). The molecule has 0 saturated carbocycles. The van der Waals surface area contributed by atoms with Gasteiger partial charge in [-0.2, -0.15) is 24.9 Å². The van der Waals surface area contributed by atoms with Gasteiger partial charge in [0.25, 0.3) is 0 Å². The first kappa shape index (κ1) is 22.8. The van der Waals surface area contributed by atoms with Crippen molar-refractivity contribution in [2.75, 3.05) is 19.9 Å². The Hall–Kier alpha value is -2.49. The van der Waals surface area contributed by atoms with E-state index in [-0.39, 0.29) is 11.7 Å². The average Bonchev–Trinajstić information content (AvgIpc) is 2.68. The summed E-state index contributed by atoms with van der Waals surface area (Å²) in [7, 11) is 1.60. The summed E-state index contributed by atoms with van der Waals surface area (Å²) >= 11 is 1.60. The molecule has 158 valence electrons. The minimum atomic E-state index is -4.42. The van der Waals surface area contributed by atoms with Gasteiger partial charge in [0.1, 0.15) is 5.82 Å². The predicted octanol–water partition coefficient (Wildman–Crippen LogP) is 3.89. The van der Waals surface area contributed by atoms with E-state index in [4.69, 9.17) is 0 Å². The van der Waals surface area contributed by atoms with Crippen LogP contribution in [0.25, 0.3) is 0 Å². The highest BCUT2D eigenvalue weighted by molar-refractivity contribution is 7.97. The molecule has 29 heavy (non-hydrogen) atoms. The molecular weight excluding hydrogens is 408 g/mol. The molecule has 5 nitrogen and oxygen atoms in total. The third-order valence-corrected chi connectivity index (χ3v) is 4.38. The van der Waals surface area contributed by atoms with E-state index < -0.39 is 12.8 Å². The lowest BCUT2D eigenvalue weighted by atomic mass is 10.1. The molecule has 0 saturated heterocycles. The largest absolute Gasteiger partial charge is 0.468 e. The van der Waals surface area contributed by atoms with Gasteiger partial charge in [-0.15, -0.1) is 0 Å². The first-order chi connectivity index (χ1) is 13.8. The van der Waals surface area contributed by atoms with Crippen molar-refractivity contribution in [2.45, 2.75) is 25.0 Å². The molecule has 2 rings (SSSR count). The lowest BCUT2D eigenvalue weighted by molar-refractivity contribution is -0.154. The number of guanidine groups is 1. The van der Waals surface area contributed by atoms with Crippen LogP contribution < -0.4 is 15.4 Å². The summed E-state index contributed by atoms with van der Waals surface area (Å²) in [6, 6.07) is 7.76. The van der Waals surface area contributed by atoms with E-state index in [0.29, 0.717) is 30.4 Å². The van der Waals surface area contributed by atoms with Crippen molar-refractivity contribution >= 4 is 17.7 Å². The van der Waals surface area contributed by atoms with Gasteiger partial charge in [0.2, 0.25) is 5.88 Å². The predicted molar refractivity (Wildman–Crippen MR) is 106 cm³/mol. The molecule has 0 atom stereocenters. The Labute approximate surface area is 171 Å². The van der Waals surface area contributed by atoms with Gasteiger partial charge >= 0.3 is 6.18 Å². The second-order valence-electron chi connectivity index (χ2n) is 6.03. The zero-order valence-corrected chi connectivity index (χ0v) is 16.8. The van der Waals surface area contributed by atoms with Crippen LogP contribution in [0.15, 0.2) is 41.5 Å². The monoisotopic (exact) mass is 430 g/mol. The molecule has 0 aliphatic rings. The van der Waals surface area contributed by atoms with E-state index >= 15 is 0 Å². The third kappa shape index (κ3) is 8.18. The maximum absolute atomic E-state index is 13.5. The van der Waals surface area contributed by atoms with E-state index in [9.17, 15) is 17.6 Å². The molecule has 0 aliphatic carbocycles. The highest BCUT2D eigenvalue weighted by Crippen LogP contribution is 2.18. The van der Waals surface area contributed by atoms with Crippen LogP contribution in [-0.4, -0.2) is 37.0 Å². The molecule has 0 amide bonds. The van der Waals surface area contributed by atoms with E-state index in [1.54, 1.807) is 30.9 Å². The second kappa shape index (κ2) is 10.9. The summed E-state index contributed by atoms with van der Waals surface area (Å²) < 4.78 is 54.9. The molecule has 0 radical (unpaired) electrons. The van der Waals surface area contributed by atoms with Gasteiger partial charge in [-0.1, -0.05) is 6.07 Å². The van der Waals surface area contributed by atoms with Gasteiger partial charge in [0, 0.05) is 38.2 Å². The first-order valence-corrected chi connectivity index (χ1v) is 10.1. The molecule has 0 unspecified atom stereocenters. The number of rotatable bonds is 8. The molecule has 0 bridgehead atoms. The summed E-state index contributed by atoms with van der Waals surface area (Å²) in [6.45, 7) is -0.631. The van der Waals surface area contributed by atoms with E-state index in [1.807, 2.05) is 6.26 Å². The zero-order chi connectivity index (χ0) is 21.3. The second-order valence-corrected chi connectivity index (χ2v) is 6.90. The van der Waals surface area contributed by atoms with Gasteiger partial charge in [-0.3, -0.25) is 4.99 Å². The fraction of sp³-hybridized carbons (Fsp3) is 0.368. The average molecular weight is 430 g/mol. The Kier molecular flexibility index (Phi) is 8.56. The van der Waals surface area contributed by atoms with Crippen LogP contribution >= 0.6 is 11.8 Å². The van der Waals surface area contributed by atoms with Crippen molar-refractivity contribution in [1.29, 1.82) is 0 Å². The molecule has 10 heteroatoms. The summed E-state index contributed by atoms with van der Waals surface area (Å²) in [4.78, 5) is 7.89. The van der Waals surface area contributed by atoms with Crippen LogP contribution in [0, 0.1) is 5.82 Å². The van der Waals surface area contributed by atoms with Gasteiger partial charge < -0.3 is 15.4 Å². The van der Waals surface area contributed by atoms with Crippen LogP contribution in [-0.2, 0) is 18.8 Å². The minimum Gasteiger partial charge on any atom is -0.468 e. The van der Waals surface area contributed by atoms with E-state index in [2.05, 4.69) is 25.3 Å². The van der Waals surface area contributed by atoms with Crippen LogP contribution in [0.5, 0.6) is 5.88 Å². The topological polar surface area (TPSA) is 58.5 Å². The van der Waals surface area contributed by atoms with Crippen molar-refractivity contribution < 1.29 is 22.3 Å². The number of nitrogens with zero attached hydrogens (tertiary/aromatic N) is 2. The molecule has 1 heterocycles. The lowest BCUT2D eigenvalue weighted by Crippen LogP contribution is -2.36. The number of ether oxygens (including phenoxy) is 1. The van der Waals surface area contributed by atoms with Crippen LogP contribution in [0.2, 0.25) is 0 Å². The maximum atomic E-state index is 13.5. The SMILES string of the molecule is CN=C(NCc1ccnc(OCC(F)(F)F)c1)NCc1ccc(F)cc1CSC. The van der Waals surface area contributed by atoms with Crippen LogP contribution in [0.3, 0.4) is 0 Å². The van der Waals surface area contributed by atoms with Crippen molar-refractivity contribution in [2.24, 2.45) is 4.99 Å². The molecule has 1 aromatic carbocycles. The Morgan fingerprint density at radius 1 is 1.14 bits per heavy atom. The number of halogens is 4. The van der Waals surface area contributed by atoms with Crippen LogP contribution in [0.4, 0.5) is 17.6 Å². The highest BCUT2D eigenvalue weighted by atomic mass is 32.2. The Morgan fingerprint density at radius 3 is 2.59 bits per heavy atom. The number of pyridine rings is 1. The fourth-order valence-electron chi connectivity index (χ4n) is 2.44. The van der Waals surface area contributed by atoms with Crippen molar-refractivity contribution in [3.63, 3.8) is 0 Å². The van der Waals surface area contributed by atoms with Crippen molar-refractivity contribution in [1.82, 2.24) is 15.6 Å². The number of aliphatic imine (C=N–C) groups is 1. The molecule has 0 spiro atoms. The molecule has 0 aliphatic heterocycles. The van der Waals surface area contributed by atoms with Crippen LogP contribution in [0.1, 0.15) is 16.7 Å². The normalized spacial score (nSPS) is 12.0. The fourth-order valence-corrected chi connectivity index (χ4v) is 3.02. The van der Waals surface area contributed by atoms with E-state index in [0.717, 1.165) is 11.1 Å². The quantitative estimate of drug-likeness (QED) is 0.378. The maximum Gasteiger partial charge on any atom is 0.422 e.